The van der Waals surface area contributed by atoms with Gasteiger partial charge in [0.1, 0.15) is 11.6 Å². The first-order valence-electron chi connectivity index (χ1n) is 6.77. The van der Waals surface area contributed by atoms with Crippen molar-refractivity contribution in [2.75, 3.05) is 25.1 Å². The van der Waals surface area contributed by atoms with Gasteiger partial charge in [0.15, 0.2) is 0 Å². The number of rotatable bonds is 7. The van der Waals surface area contributed by atoms with Crippen LogP contribution in [0.4, 0.5) is 10.2 Å². The maximum atomic E-state index is 12.8. The van der Waals surface area contributed by atoms with Crippen LogP contribution in [0.3, 0.4) is 0 Å². The second-order valence-electron chi connectivity index (χ2n) is 4.87. The zero-order chi connectivity index (χ0) is 15.1. The molecular formula is C16H19FN2O2. The normalized spacial score (nSPS) is 12.1. The molecule has 0 aliphatic carbocycles. The summed E-state index contributed by atoms with van der Waals surface area (Å²) in [6, 6.07) is 12.7. The SMILES string of the molecule is CN(C[C@H](O)COCc1ccccc1)c1ccc(F)cn1. The Balaban J connectivity index is 1.73. The van der Waals surface area contributed by atoms with Gasteiger partial charge in [-0.05, 0) is 17.7 Å². The van der Waals surface area contributed by atoms with E-state index in [1.165, 1.54) is 6.07 Å². The van der Waals surface area contributed by atoms with E-state index >= 15 is 0 Å². The van der Waals surface area contributed by atoms with E-state index in [1.54, 1.807) is 18.0 Å². The minimum absolute atomic E-state index is 0.237. The highest BCUT2D eigenvalue weighted by molar-refractivity contribution is 5.36. The second kappa shape index (κ2) is 7.71. The molecule has 0 amide bonds. The lowest BCUT2D eigenvalue weighted by molar-refractivity contribution is 0.0324. The Bertz CT molecular complexity index is 534. The third-order valence-corrected chi connectivity index (χ3v) is 3.01. The average Bonchev–Trinajstić information content (AvgIpc) is 2.49. The van der Waals surface area contributed by atoms with Crippen molar-refractivity contribution >= 4 is 5.82 Å². The van der Waals surface area contributed by atoms with Gasteiger partial charge < -0.3 is 14.7 Å². The van der Waals surface area contributed by atoms with E-state index in [4.69, 9.17) is 4.74 Å². The van der Waals surface area contributed by atoms with Crippen LogP contribution in [-0.4, -0.2) is 36.4 Å². The third kappa shape index (κ3) is 5.13. The van der Waals surface area contributed by atoms with Crippen LogP contribution in [-0.2, 0) is 11.3 Å². The second-order valence-corrected chi connectivity index (χ2v) is 4.87. The van der Waals surface area contributed by atoms with Crippen molar-refractivity contribution in [1.29, 1.82) is 0 Å². The van der Waals surface area contributed by atoms with E-state index < -0.39 is 6.10 Å². The molecule has 0 bridgehead atoms. The summed E-state index contributed by atoms with van der Waals surface area (Å²) in [6.45, 7) is 1.07. The van der Waals surface area contributed by atoms with Crippen molar-refractivity contribution in [2.45, 2.75) is 12.7 Å². The standard InChI is InChI=1S/C16H19FN2O2/c1-19(16-8-7-14(17)9-18-16)10-15(20)12-21-11-13-5-3-2-4-6-13/h2-9,15,20H,10-12H2,1H3/t15-/m0/s1. The number of pyridine rings is 1. The van der Waals surface area contributed by atoms with E-state index in [-0.39, 0.29) is 12.4 Å². The fraction of sp³-hybridized carbons (Fsp3) is 0.312. The minimum atomic E-state index is -0.634. The lowest BCUT2D eigenvalue weighted by Gasteiger charge is -2.21. The summed E-state index contributed by atoms with van der Waals surface area (Å²) in [5.41, 5.74) is 1.07. The summed E-state index contributed by atoms with van der Waals surface area (Å²) < 4.78 is 18.3. The number of hydrogen-bond donors (Lipinski definition) is 1. The van der Waals surface area contributed by atoms with Crippen molar-refractivity contribution in [2.24, 2.45) is 0 Å². The number of hydrogen-bond acceptors (Lipinski definition) is 4. The van der Waals surface area contributed by atoms with Gasteiger partial charge in [0.05, 0.1) is 25.5 Å². The number of aliphatic hydroxyl groups excluding tert-OH is 1. The Morgan fingerprint density at radius 1 is 1.24 bits per heavy atom. The number of ether oxygens (including phenoxy) is 1. The number of anilines is 1. The number of benzene rings is 1. The van der Waals surface area contributed by atoms with Crippen LogP contribution < -0.4 is 4.90 Å². The fourth-order valence-corrected chi connectivity index (χ4v) is 1.94. The fourth-order valence-electron chi connectivity index (χ4n) is 1.94. The highest BCUT2D eigenvalue weighted by atomic mass is 19.1. The first kappa shape index (κ1) is 15.4. The average molecular weight is 290 g/mol. The van der Waals surface area contributed by atoms with Crippen LogP contribution in [0.25, 0.3) is 0 Å². The topological polar surface area (TPSA) is 45.6 Å². The number of nitrogens with zero attached hydrogens (tertiary/aromatic N) is 2. The van der Waals surface area contributed by atoms with E-state index in [0.29, 0.717) is 19.0 Å². The van der Waals surface area contributed by atoms with Crippen LogP contribution in [0, 0.1) is 5.82 Å². The van der Waals surface area contributed by atoms with Crippen molar-refractivity contribution in [3.63, 3.8) is 0 Å². The molecule has 112 valence electrons. The molecular weight excluding hydrogens is 271 g/mol. The maximum absolute atomic E-state index is 12.8. The monoisotopic (exact) mass is 290 g/mol. The van der Waals surface area contributed by atoms with Crippen molar-refractivity contribution in [3.05, 3.63) is 60.0 Å². The van der Waals surface area contributed by atoms with Crippen molar-refractivity contribution in [1.82, 2.24) is 4.98 Å². The Labute approximate surface area is 123 Å². The molecule has 0 fully saturated rings. The molecule has 5 heteroatoms. The first-order valence-corrected chi connectivity index (χ1v) is 6.77. The molecule has 0 saturated heterocycles. The molecule has 1 heterocycles. The Morgan fingerprint density at radius 2 is 2.00 bits per heavy atom. The predicted molar refractivity (Wildman–Crippen MR) is 79.6 cm³/mol. The van der Waals surface area contributed by atoms with E-state index in [0.717, 1.165) is 11.8 Å². The molecule has 1 aromatic carbocycles. The summed E-state index contributed by atoms with van der Waals surface area (Å²) in [5, 5.41) is 9.94. The molecule has 0 unspecified atom stereocenters. The maximum Gasteiger partial charge on any atom is 0.141 e. The molecule has 2 rings (SSSR count). The van der Waals surface area contributed by atoms with Crippen LogP contribution in [0.5, 0.6) is 0 Å². The van der Waals surface area contributed by atoms with Crippen LogP contribution in [0.1, 0.15) is 5.56 Å². The molecule has 2 aromatic rings. The molecule has 1 N–H and O–H groups in total. The summed E-state index contributed by atoms with van der Waals surface area (Å²) in [4.78, 5) is 5.72. The number of halogens is 1. The van der Waals surface area contributed by atoms with Gasteiger partial charge in [-0.25, -0.2) is 9.37 Å². The zero-order valence-corrected chi connectivity index (χ0v) is 11.9. The molecule has 0 spiro atoms. The van der Waals surface area contributed by atoms with Crippen molar-refractivity contribution in [3.8, 4) is 0 Å². The van der Waals surface area contributed by atoms with Gasteiger partial charge in [0, 0.05) is 13.6 Å². The molecule has 1 aromatic heterocycles. The molecule has 0 radical (unpaired) electrons. The predicted octanol–water partition coefficient (Wildman–Crippen LogP) is 2.23. The first-order chi connectivity index (χ1) is 10.1. The summed E-state index contributed by atoms with van der Waals surface area (Å²) in [6.07, 6.45) is 0.523. The highest BCUT2D eigenvalue weighted by Gasteiger charge is 2.10. The van der Waals surface area contributed by atoms with E-state index in [1.807, 2.05) is 30.3 Å². The zero-order valence-electron chi connectivity index (χ0n) is 11.9. The van der Waals surface area contributed by atoms with Gasteiger partial charge in [-0.1, -0.05) is 30.3 Å². The Morgan fingerprint density at radius 3 is 2.67 bits per heavy atom. The Hall–Kier alpha value is -1.98. The molecule has 1 atom stereocenters. The van der Waals surface area contributed by atoms with Crippen LogP contribution in [0.2, 0.25) is 0 Å². The summed E-state index contributed by atoms with van der Waals surface area (Å²) >= 11 is 0. The van der Waals surface area contributed by atoms with Gasteiger partial charge in [-0.3, -0.25) is 0 Å². The van der Waals surface area contributed by atoms with E-state index in [2.05, 4.69) is 4.98 Å². The molecule has 0 saturated carbocycles. The minimum Gasteiger partial charge on any atom is -0.389 e. The number of aliphatic hydroxyl groups is 1. The van der Waals surface area contributed by atoms with Gasteiger partial charge >= 0.3 is 0 Å². The Kier molecular flexibility index (Phi) is 5.66. The largest absolute Gasteiger partial charge is 0.389 e. The summed E-state index contributed by atoms with van der Waals surface area (Å²) in [7, 11) is 1.79. The molecule has 21 heavy (non-hydrogen) atoms. The summed E-state index contributed by atoms with van der Waals surface area (Å²) in [5.74, 6) is 0.234. The van der Waals surface area contributed by atoms with Gasteiger partial charge in [0.2, 0.25) is 0 Å². The lowest BCUT2D eigenvalue weighted by Crippen LogP contribution is -2.32. The van der Waals surface area contributed by atoms with Gasteiger partial charge in [-0.15, -0.1) is 0 Å². The molecule has 4 nitrogen and oxygen atoms in total. The number of likely N-dealkylation sites (N-methyl/N-ethyl adjacent to an activating group) is 1. The van der Waals surface area contributed by atoms with Crippen LogP contribution >= 0.6 is 0 Å². The molecule has 0 aliphatic rings. The van der Waals surface area contributed by atoms with Gasteiger partial charge in [-0.2, -0.15) is 0 Å². The smallest absolute Gasteiger partial charge is 0.141 e. The van der Waals surface area contributed by atoms with Crippen LogP contribution in [0.15, 0.2) is 48.7 Å². The van der Waals surface area contributed by atoms with E-state index in [9.17, 15) is 9.50 Å². The van der Waals surface area contributed by atoms with Crippen molar-refractivity contribution < 1.29 is 14.2 Å². The quantitative estimate of drug-likeness (QED) is 0.849. The lowest BCUT2D eigenvalue weighted by atomic mass is 10.2. The highest BCUT2D eigenvalue weighted by Crippen LogP contribution is 2.09. The van der Waals surface area contributed by atoms with Gasteiger partial charge in [0.25, 0.3) is 0 Å². The third-order valence-electron chi connectivity index (χ3n) is 3.01. The molecule has 0 aliphatic heterocycles. The number of aromatic nitrogens is 1.